The van der Waals surface area contributed by atoms with Crippen LogP contribution in [0.15, 0.2) is 23.1 Å². The molecule has 1 aromatic carbocycles. The first kappa shape index (κ1) is 17.4. The number of hydrogen-bond donors (Lipinski definition) is 1. The predicted molar refractivity (Wildman–Crippen MR) is 86.4 cm³/mol. The Balaban J connectivity index is 2.16. The van der Waals surface area contributed by atoms with Crippen molar-refractivity contribution in [2.75, 3.05) is 39.4 Å². The van der Waals surface area contributed by atoms with E-state index in [4.69, 9.17) is 14.2 Å². The molecular formula is C14H21NO5S2. The Morgan fingerprint density at radius 1 is 1.23 bits per heavy atom. The molecule has 0 aliphatic carbocycles. The van der Waals surface area contributed by atoms with Gasteiger partial charge in [-0.05, 0) is 24.3 Å². The topological polar surface area (TPSA) is 73.9 Å². The summed E-state index contributed by atoms with van der Waals surface area (Å²) in [4.78, 5) is 0.141. The highest BCUT2D eigenvalue weighted by atomic mass is 32.2. The van der Waals surface area contributed by atoms with Crippen molar-refractivity contribution in [3.63, 3.8) is 0 Å². The van der Waals surface area contributed by atoms with E-state index in [1.165, 1.54) is 26.4 Å². The summed E-state index contributed by atoms with van der Waals surface area (Å²) in [6.07, 6.45) is 0.836. The van der Waals surface area contributed by atoms with Gasteiger partial charge in [-0.25, -0.2) is 13.1 Å². The van der Waals surface area contributed by atoms with Crippen LogP contribution in [0.25, 0.3) is 0 Å². The molecule has 1 aromatic rings. The summed E-state index contributed by atoms with van der Waals surface area (Å²) in [5.74, 6) is 2.63. The second kappa shape index (κ2) is 7.08. The maximum absolute atomic E-state index is 12.4. The average molecular weight is 347 g/mol. The van der Waals surface area contributed by atoms with Crippen molar-refractivity contribution in [2.45, 2.75) is 16.9 Å². The molecule has 0 spiro atoms. The van der Waals surface area contributed by atoms with Gasteiger partial charge in [0.2, 0.25) is 10.0 Å². The van der Waals surface area contributed by atoms with Crippen molar-refractivity contribution in [1.82, 2.24) is 4.72 Å². The zero-order valence-corrected chi connectivity index (χ0v) is 14.6. The minimum Gasteiger partial charge on any atom is -0.493 e. The summed E-state index contributed by atoms with van der Waals surface area (Å²) in [5.41, 5.74) is -0.422. The van der Waals surface area contributed by atoms with E-state index in [9.17, 15) is 8.42 Å². The molecule has 1 heterocycles. The summed E-state index contributed by atoms with van der Waals surface area (Å²) in [7, 11) is 0.967. The molecule has 0 amide bonds. The molecule has 6 nitrogen and oxygen atoms in total. The zero-order chi connectivity index (χ0) is 16.2. The second-order valence-corrected chi connectivity index (χ2v) is 7.90. The lowest BCUT2D eigenvalue weighted by molar-refractivity contribution is 0.0179. The molecule has 1 atom stereocenters. The van der Waals surface area contributed by atoms with Crippen molar-refractivity contribution in [3.8, 4) is 11.5 Å². The van der Waals surface area contributed by atoms with Crippen LogP contribution in [0.3, 0.4) is 0 Å². The van der Waals surface area contributed by atoms with Gasteiger partial charge in [0.05, 0.1) is 24.7 Å². The number of sulfonamides is 1. The number of ether oxygens (including phenoxy) is 3. The molecule has 1 aliphatic heterocycles. The first-order valence-electron chi connectivity index (χ1n) is 6.81. The van der Waals surface area contributed by atoms with Crippen molar-refractivity contribution in [3.05, 3.63) is 18.2 Å². The van der Waals surface area contributed by atoms with Gasteiger partial charge in [-0.1, -0.05) is 0 Å². The third-order valence-corrected chi connectivity index (χ3v) is 6.37. The molecule has 1 unspecified atom stereocenters. The van der Waals surface area contributed by atoms with Gasteiger partial charge in [-0.2, -0.15) is 11.8 Å². The van der Waals surface area contributed by atoms with Crippen LogP contribution in [-0.4, -0.2) is 53.4 Å². The van der Waals surface area contributed by atoms with E-state index >= 15 is 0 Å². The van der Waals surface area contributed by atoms with Crippen LogP contribution in [0.2, 0.25) is 0 Å². The highest BCUT2D eigenvalue weighted by molar-refractivity contribution is 7.99. The van der Waals surface area contributed by atoms with Gasteiger partial charge in [0, 0.05) is 25.5 Å². The van der Waals surface area contributed by atoms with E-state index in [1.54, 1.807) is 24.9 Å². The van der Waals surface area contributed by atoms with Gasteiger partial charge in [0.25, 0.3) is 0 Å². The normalized spacial score (nSPS) is 21.8. The second-order valence-electron chi connectivity index (χ2n) is 5.03. The van der Waals surface area contributed by atoms with Gasteiger partial charge in [-0.15, -0.1) is 0 Å². The van der Waals surface area contributed by atoms with Crippen molar-refractivity contribution in [2.24, 2.45) is 0 Å². The maximum atomic E-state index is 12.4. The minimum atomic E-state index is -3.63. The summed E-state index contributed by atoms with van der Waals surface area (Å²) in [6, 6.07) is 4.52. The number of rotatable bonds is 7. The average Bonchev–Trinajstić information content (AvgIpc) is 3.02. The van der Waals surface area contributed by atoms with Crippen LogP contribution >= 0.6 is 11.8 Å². The van der Waals surface area contributed by atoms with Crippen molar-refractivity contribution < 1.29 is 22.6 Å². The highest BCUT2D eigenvalue weighted by Gasteiger charge is 2.35. The van der Waals surface area contributed by atoms with E-state index in [2.05, 4.69) is 4.72 Å². The van der Waals surface area contributed by atoms with E-state index in [0.717, 1.165) is 17.9 Å². The Labute approximate surface area is 135 Å². The minimum absolute atomic E-state index is 0.141. The monoisotopic (exact) mass is 347 g/mol. The van der Waals surface area contributed by atoms with E-state index < -0.39 is 15.6 Å². The Kier molecular flexibility index (Phi) is 5.60. The first-order valence-corrected chi connectivity index (χ1v) is 9.45. The number of methoxy groups -OCH3 is 3. The molecule has 8 heteroatoms. The Bertz CT molecular complexity index is 612. The Morgan fingerprint density at radius 3 is 2.50 bits per heavy atom. The maximum Gasteiger partial charge on any atom is 0.240 e. The van der Waals surface area contributed by atoms with Gasteiger partial charge in [0.15, 0.2) is 11.5 Å². The van der Waals surface area contributed by atoms with Gasteiger partial charge >= 0.3 is 0 Å². The van der Waals surface area contributed by atoms with E-state index in [-0.39, 0.29) is 11.4 Å². The molecule has 1 fully saturated rings. The number of hydrogen-bond acceptors (Lipinski definition) is 6. The molecule has 0 bridgehead atoms. The number of nitrogens with one attached hydrogen (secondary N) is 1. The molecule has 124 valence electrons. The van der Waals surface area contributed by atoms with Gasteiger partial charge in [-0.3, -0.25) is 0 Å². The standard InChI is InChI=1S/C14H21NO5S2/c1-18-12-5-4-11(8-13(12)19-2)22(16,17)15-9-14(20-3)6-7-21-10-14/h4-5,8,15H,6-7,9-10H2,1-3H3. The van der Waals surface area contributed by atoms with Crippen LogP contribution < -0.4 is 14.2 Å². The van der Waals surface area contributed by atoms with Gasteiger partial charge in [0.1, 0.15) is 0 Å². The smallest absolute Gasteiger partial charge is 0.240 e. The quantitative estimate of drug-likeness (QED) is 0.806. The summed E-state index contributed by atoms with van der Waals surface area (Å²) < 4.78 is 43.3. The lowest BCUT2D eigenvalue weighted by Gasteiger charge is -2.26. The summed E-state index contributed by atoms with van der Waals surface area (Å²) in [6.45, 7) is 0.257. The molecule has 0 radical (unpaired) electrons. The fourth-order valence-electron chi connectivity index (χ4n) is 2.25. The molecule has 0 aromatic heterocycles. The lowest BCUT2D eigenvalue weighted by Crippen LogP contribution is -2.44. The van der Waals surface area contributed by atoms with Crippen LogP contribution in [0.4, 0.5) is 0 Å². The number of benzene rings is 1. The molecular weight excluding hydrogens is 326 g/mol. The van der Waals surface area contributed by atoms with E-state index in [1.807, 2.05) is 0 Å². The largest absolute Gasteiger partial charge is 0.493 e. The molecule has 1 saturated heterocycles. The fourth-order valence-corrected chi connectivity index (χ4v) is 4.78. The van der Waals surface area contributed by atoms with Crippen molar-refractivity contribution in [1.29, 1.82) is 0 Å². The number of thioether (sulfide) groups is 1. The molecule has 22 heavy (non-hydrogen) atoms. The Morgan fingerprint density at radius 2 is 1.95 bits per heavy atom. The third kappa shape index (κ3) is 3.68. The predicted octanol–water partition coefficient (Wildman–Crippen LogP) is 1.50. The van der Waals surface area contributed by atoms with Crippen molar-refractivity contribution >= 4 is 21.8 Å². The van der Waals surface area contributed by atoms with Crippen LogP contribution in [0.5, 0.6) is 11.5 Å². The van der Waals surface area contributed by atoms with E-state index in [0.29, 0.717) is 11.5 Å². The summed E-state index contributed by atoms with van der Waals surface area (Å²) >= 11 is 1.77. The Hall–Kier alpha value is -0.960. The molecule has 0 saturated carbocycles. The lowest BCUT2D eigenvalue weighted by atomic mass is 10.0. The van der Waals surface area contributed by atoms with Gasteiger partial charge < -0.3 is 14.2 Å². The van der Waals surface area contributed by atoms with Crippen LogP contribution in [-0.2, 0) is 14.8 Å². The first-order chi connectivity index (χ1) is 10.5. The summed E-state index contributed by atoms with van der Waals surface area (Å²) in [5, 5.41) is 0. The van der Waals surface area contributed by atoms with Crippen LogP contribution in [0, 0.1) is 0 Å². The molecule has 1 aliphatic rings. The third-order valence-electron chi connectivity index (χ3n) is 3.75. The fraction of sp³-hybridized carbons (Fsp3) is 0.571. The molecule has 1 N–H and O–H groups in total. The van der Waals surface area contributed by atoms with Crippen LogP contribution in [0.1, 0.15) is 6.42 Å². The SMILES string of the molecule is COc1ccc(S(=O)(=O)NCC2(OC)CCSC2)cc1OC. The molecule has 2 rings (SSSR count). The zero-order valence-electron chi connectivity index (χ0n) is 12.9. The highest BCUT2D eigenvalue weighted by Crippen LogP contribution is 2.32.